The number of nitro benzene ring substituents is 1. The lowest BCUT2D eigenvalue weighted by Gasteiger charge is -1.94. The van der Waals surface area contributed by atoms with Crippen LogP contribution in [0.2, 0.25) is 0 Å². The summed E-state index contributed by atoms with van der Waals surface area (Å²) in [7, 11) is 1.81. The second kappa shape index (κ2) is 3.49. The quantitative estimate of drug-likeness (QED) is 0.410. The highest BCUT2D eigenvalue weighted by atomic mass is 16.6. The van der Waals surface area contributed by atoms with E-state index in [0.29, 0.717) is 0 Å². The first-order chi connectivity index (χ1) is 7.16. The van der Waals surface area contributed by atoms with Gasteiger partial charge in [0.1, 0.15) is 5.69 Å². The van der Waals surface area contributed by atoms with Gasteiger partial charge in [-0.25, -0.2) is 4.57 Å². The molecule has 2 aromatic rings. The predicted octanol–water partition coefficient (Wildman–Crippen LogP) is 0.605. The van der Waals surface area contributed by atoms with Crippen molar-refractivity contribution < 1.29 is 9.49 Å². The minimum atomic E-state index is -0.419. The van der Waals surface area contributed by atoms with Gasteiger partial charge in [-0.15, -0.1) is 4.68 Å². The average molecular weight is 205 g/mol. The maximum atomic E-state index is 10.4. The first kappa shape index (κ1) is 9.32. The van der Waals surface area contributed by atoms with Crippen molar-refractivity contribution >= 4 is 5.69 Å². The molecule has 6 nitrogen and oxygen atoms in total. The molecule has 0 amide bonds. The van der Waals surface area contributed by atoms with E-state index in [2.05, 4.69) is 5.10 Å². The van der Waals surface area contributed by atoms with Gasteiger partial charge >= 0.3 is 0 Å². The standard InChI is InChI=1S/C9H9N4O2/c1-11-7-12(6-10-11)8-2-4-9(5-3-8)13(14)15/h2-7H,1H3/q+1. The van der Waals surface area contributed by atoms with Crippen LogP contribution in [0.3, 0.4) is 0 Å². The van der Waals surface area contributed by atoms with E-state index in [1.807, 2.05) is 7.05 Å². The number of nitro groups is 1. The SMILES string of the molecule is Cn1c[n+](-c2ccc([N+](=O)[O-])cc2)cn1. The monoisotopic (exact) mass is 205 g/mol. The van der Waals surface area contributed by atoms with Crippen LogP contribution in [0, 0.1) is 10.1 Å². The molecule has 1 heterocycles. The Balaban J connectivity index is 2.35. The van der Waals surface area contributed by atoms with Crippen molar-refractivity contribution in [1.29, 1.82) is 0 Å². The van der Waals surface area contributed by atoms with E-state index in [0.717, 1.165) is 5.69 Å². The highest BCUT2D eigenvalue weighted by molar-refractivity contribution is 5.35. The molecule has 0 fully saturated rings. The highest BCUT2D eigenvalue weighted by Gasteiger charge is 2.08. The van der Waals surface area contributed by atoms with E-state index in [1.165, 1.54) is 12.1 Å². The molecule has 0 aliphatic rings. The molecule has 0 N–H and O–H groups in total. The topological polar surface area (TPSA) is 64.8 Å². The number of hydrogen-bond acceptors (Lipinski definition) is 3. The van der Waals surface area contributed by atoms with Crippen molar-refractivity contribution in [3.05, 3.63) is 47.0 Å². The maximum Gasteiger partial charge on any atom is 0.270 e. The van der Waals surface area contributed by atoms with Crippen molar-refractivity contribution in [3.63, 3.8) is 0 Å². The van der Waals surface area contributed by atoms with Gasteiger partial charge in [0.05, 0.1) is 12.0 Å². The van der Waals surface area contributed by atoms with Crippen LogP contribution in [0.25, 0.3) is 5.69 Å². The van der Waals surface area contributed by atoms with Crippen LogP contribution in [0.1, 0.15) is 0 Å². The fraction of sp³-hybridized carbons (Fsp3) is 0.111. The highest BCUT2D eigenvalue weighted by Crippen LogP contribution is 2.11. The maximum absolute atomic E-state index is 10.4. The number of rotatable bonds is 2. The first-order valence-corrected chi connectivity index (χ1v) is 4.31. The summed E-state index contributed by atoms with van der Waals surface area (Å²) in [4.78, 5) is 10.0. The average Bonchev–Trinajstić information content (AvgIpc) is 2.65. The summed E-state index contributed by atoms with van der Waals surface area (Å²) in [5.74, 6) is 0. The normalized spacial score (nSPS) is 10.2. The van der Waals surface area contributed by atoms with Crippen molar-refractivity contribution in [2.75, 3.05) is 0 Å². The Labute approximate surface area is 85.5 Å². The Morgan fingerprint density at radius 3 is 2.53 bits per heavy atom. The van der Waals surface area contributed by atoms with Crippen molar-refractivity contribution in [1.82, 2.24) is 9.78 Å². The van der Waals surface area contributed by atoms with Crippen LogP contribution in [0.15, 0.2) is 36.9 Å². The van der Waals surface area contributed by atoms with Gasteiger partial charge in [-0.2, -0.15) is 0 Å². The third-order valence-electron chi connectivity index (χ3n) is 2.01. The molecule has 0 bridgehead atoms. The van der Waals surface area contributed by atoms with Gasteiger partial charge in [0.2, 0.25) is 6.33 Å². The van der Waals surface area contributed by atoms with Crippen molar-refractivity contribution in [2.24, 2.45) is 7.05 Å². The molecule has 6 heteroatoms. The fourth-order valence-electron chi connectivity index (χ4n) is 1.26. The zero-order valence-corrected chi connectivity index (χ0v) is 8.07. The molecule has 0 saturated heterocycles. The minimum Gasteiger partial charge on any atom is -0.258 e. The summed E-state index contributed by atoms with van der Waals surface area (Å²) < 4.78 is 3.44. The molecule has 2 rings (SSSR count). The molecule has 0 aliphatic heterocycles. The summed E-state index contributed by atoms with van der Waals surface area (Å²) in [6, 6.07) is 6.30. The van der Waals surface area contributed by atoms with E-state index in [9.17, 15) is 10.1 Å². The largest absolute Gasteiger partial charge is 0.270 e. The van der Waals surface area contributed by atoms with Crippen LogP contribution in [-0.2, 0) is 7.05 Å². The lowest BCUT2D eigenvalue weighted by atomic mass is 10.3. The second-order valence-corrected chi connectivity index (χ2v) is 3.10. The molecule has 1 aromatic heterocycles. The molecule has 0 atom stereocenters. The Kier molecular flexibility index (Phi) is 2.17. The molecule has 0 unspecified atom stereocenters. The van der Waals surface area contributed by atoms with Crippen molar-refractivity contribution in [2.45, 2.75) is 0 Å². The van der Waals surface area contributed by atoms with E-state index >= 15 is 0 Å². The number of aryl methyl sites for hydroxylation is 1. The molecule has 0 saturated carbocycles. The second-order valence-electron chi connectivity index (χ2n) is 3.10. The number of non-ortho nitro benzene ring substituents is 1. The smallest absolute Gasteiger partial charge is 0.258 e. The molecular formula is C9H9N4O2+. The Bertz CT molecular complexity index is 489. The Morgan fingerprint density at radius 2 is 2.07 bits per heavy atom. The lowest BCUT2D eigenvalue weighted by Crippen LogP contribution is -2.27. The minimum absolute atomic E-state index is 0.0863. The van der Waals surface area contributed by atoms with Gasteiger partial charge in [-0.05, 0) is 12.1 Å². The van der Waals surface area contributed by atoms with E-state index < -0.39 is 4.92 Å². The van der Waals surface area contributed by atoms with Gasteiger partial charge in [0, 0.05) is 17.2 Å². The predicted molar refractivity (Wildman–Crippen MR) is 51.4 cm³/mol. The number of benzene rings is 1. The van der Waals surface area contributed by atoms with Gasteiger partial charge in [0.15, 0.2) is 0 Å². The number of aromatic nitrogens is 3. The van der Waals surface area contributed by atoms with Crippen molar-refractivity contribution in [3.8, 4) is 5.69 Å². The Morgan fingerprint density at radius 1 is 1.40 bits per heavy atom. The molecule has 0 radical (unpaired) electrons. The molecular weight excluding hydrogens is 196 g/mol. The zero-order chi connectivity index (χ0) is 10.8. The fourth-order valence-corrected chi connectivity index (χ4v) is 1.26. The number of hydrogen-bond donors (Lipinski definition) is 0. The zero-order valence-electron chi connectivity index (χ0n) is 8.07. The van der Waals surface area contributed by atoms with E-state index in [-0.39, 0.29) is 5.69 Å². The van der Waals surface area contributed by atoms with Crippen LogP contribution in [0.4, 0.5) is 5.69 Å². The third kappa shape index (κ3) is 1.83. The summed E-state index contributed by atoms with van der Waals surface area (Å²) in [6.45, 7) is 0. The van der Waals surface area contributed by atoms with Crippen LogP contribution < -0.4 is 4.57 Å². The number of nitrogens with zero attached hydrogens (tertiary/aromatic N) is 4. The van der Waals surface area contributed by atoms with E-state index in [4.69, 9.17) is 0 Å². The molecule has 76 valence electrons. The van der Waals surface area contributed by atoms with Crippen LogP contribution in [-0.4, -0.2) is 14.7 Å². The van der Waals surface area contributed by atoms with Gasteiger partial charge in [-0.1, -0.05) is 0 Å². The third-order valence-corrected chi connectivity index (χ3v) is 2.01. The molecule has 0 aliphatic carbocycles. The summed E-state index contributed by atoms with van der Waals surface area (Å²) in [6.07, 6.45) is 3.42. The molecule has 1 aromatic carbocycles. The van der Waals surface area contributed by atoms with Gasteiger partial charge in [0.25, 0.3) is 12.0 Å². The van der Waals surface area contributed by atoms with E-state index in [1.54, 1.807) is 34.0 Å². The lowest BCUT2D eigenvalue weighted by molar-refractivity contribution is -0.596. The first-order valence-electron chi connectivity index (χ1n) is 4.31. The van der Waals surface area contributed by atoms with Crippen LogP contribution in [0.5, 0.6) is 0 Å². The molecule has 15 heavy (non-hydrogen) atoms. The van der Waals surface area contributed by atoms with Gasteiger partial charge < -0.3 is 0 Å². The summed E-state index contributed by atoms with van der Waals surface area (Å²) in [5, 5.41) is 14.4. The summed E-state index contributed by atoms with van der Waals surface area (Å²) >= 11 is 0. The van der Waals surface area contributed by atoms with Crippen LogP contribution >= 0.6 is 0 Å². The summed E-state index contributed by atoms with van der Waals surface area (Å²) in [5.41, 5.74) is 0.928. The molecule has 0 spiro atoms. The van der Waals surface area contributed by atoms with Gasteiger partial charge in [-0.3, -0.25) is 10.1 Å². The Hall–Kier alpha value is -2.24.